The summed E-state index contributed by atoms with van der Waals surface area (Å²) < 4.78 is 0. The molecule has 106 valence electrons. The fourth-order valence-corrected chi connectivity index (χ4v) is 2.64. The van der Waals surface area contributed by atoms with Crippen LogP contribution in [0, 0.1) is 5.92 Å². The molecule has 0 aromatic carbocycles. The Hall–Kier alpha value is -1.36. The number of nitrogens with zero attached hydrogens (tertiary/aromatic N) is 2. The highest BCUT2D eigenvalue weighted by molar-refractivity contribution is 5.92. The number of nitrogens with one attached hydrogen (secondary N) is 1. The lowest BCUT2D eigenvalue weighted by Crippen LogP contribution is -2.32. The minimum absolute atomic E-state index is 0.00259. The predicted octanol–water partition coefficient (Wildman–Crippen LogP) is 1.73. The van der Waals surface area contributed by atoms with Crippen LogP contribution in [0.3, 0.4) is 0 Å². The standard InChI is InChI=1S/C14H24N4O/c1-4-5-10-7-18(8-11(10)15)14(19)13-6-12(9(2)3)16-17-13/h6,9-11H,4-5,7-8,15H2,1-3H3,(H,16,17)/t10-,11-/m0/s1. The van der Waals surface area contributed by atoms with Crippen molar-refractivity contribution in [2.45, 2.75) is 45.6 Å². The van der Waals surface area contributed by atoms with E-state index in [2.05, 4.69) is 31.0 Å². The molecule has 1 saturated heterocycles. The van der Waals surface area contributed by atoms with Crippen molar-refractivity contribution in [1.29, 1.82) is 0 Å². The summed E-state index contributed by atoms with van der Waals surface area (Å²) in [5, 5.41) is 7.05. The summed E-state index contributed by atoms with van der Waals surface area (Å²) >= 11 is 0. The van der Waals surface area contributed by atoms with Crippen molar-refractivity contribution in [1.82, 2.24) is 15.1 Å². The third-order valence-corrected chi connectivity index (χ3v) is 3.88. The highest BCUT2D eigenvalue weighted by Crippen LogP contribution is 2.22. The first-order chi connectivity index (χ1) is 9.02. The number of carbonyl (C=O) groups is 1. The molecule has 0 unspecified atom stereocenters. The second-order valence-corrected chi connectivity index (χ2v) is 5.79. The van der Waals surface area contributed by atoms with Crippen molar-refractivity contribution < 1.29 is 4.79 Å². The number of aromatic nitrogens is 2. The molecule has 2 atom stereocenters. The van der Waals surface area contributed by atoms with E-state index in [0.717, 1.165) is 25.1 Å². The molecule has 1 fully saturated rings. The number of amides is 1. The van der Waals surface area contributed by atoms with Crippen LogP contribution in [0.25, 0.3) is 0 Å². The molecule has 3 N–H and O–H groups in total. The van der Waals surface area contributed by atoms with Crippen LogP contribution in [-0.2, 0) is 0 Å². The van der Waals surface area contributed by atoms with Crippen molar-refractivity contribution in [2.24, 2.45) is 11.7 Å². The van der Waals surface area contributed by atoms with E-state index >= 15 is 0 Å². The monoisotopic (exact) mass is 264 g/mol. The molecule has 1 aromatic heterocycles. The molecule has 0 radical (unpaired) electrons. The van der Waals surface area contributed by atoms with E-state index in [4.69, 9.17) is 5.73 Å². The topological polar surface area (TPSA) is 75.0 Å². The third kappa shape index (κ3) is 2.97. The highest BCUT2D eigenvalue weighted by atomic mass is 16.2. The van der Waals surface area contributed by atoms with Crippen LogP contribution in [0.5, 0.6) is 0 Å². The fraction of sp³-hybridized carbons (Fsp3) is 0.714. The zero-order chi connectivity index (χ0) is 14.0. The first-order valence-electron chi connectivity index (χ1n) is 7.13. The number of hydrogen-bond donors (Lipinski definition) is 2. The van der Waals surface area contributed by atoms with Gasteiger partial charge in [-0.15, -0.1) is 0 Å². The molecule has 2 heterocycles. The van der Waals surface area contributed by atoms with Gasteiger partial charge in [-0.1, -0.05) is 27.2 Å². The van der Waals surface area contributed by atoms with Gasteiger partial charge in [0.2, 0.25) is 0 Å². The Balaban J connectivity index is 2.04. The van der Waals surface area contributed by atoms with Crippen LogP contribution in [-0.4, -0.2) is 40.1 Å². The van der Waals surface area contributed by atoms with Gasteiger partial charge in [-0.2, -0.15) is 5.10 Å². The van der Waals surface area contributed by atoms with Gasteiger partial charge < -0.3 is 10.6 Å². The highest BCUT2D eigenvalue weighted by Gasteiger charge is 2.33. The molecular weight excluding hydrogens is 240 g/mol. The maximum atomic E-state index is 12.4. The zero-order valence-corrected chi connectivity index (χ0v) is 12.0. The summed E-state index contributed by atoms with van der Waals surface area (Å²) in [5.41, 5.74) is 7.61. The normalized spacial score (nSPS) is 23.3. The van der Waals surface area contributed by atoms with Gasteiger partial charge in [0, 0.05) is 24.8 Å². The Morgan fingerprint density at radius 1 is 1.58 bits per heavy atom. The number of aromatic amines is 1. The fourth-order valence-electron chi connectivity index (χ4n) is 2.64. The van der Waals surface area contributed by atoms with Crippen LogP contribution in [0.2, 0.25) is 0 Å². The first-order valence-corrected chi connectivity index (χ1v) is 7.13. The molecule has 1 aliphatic heterocycles. The van der Waals surface area contributed by atoms with E-state index in [1.807, 2.05) is 11.0 Å². The molecule has 5 nitrogen and oxygen atoms in total. The molecule has 0 bridgehead atoms. The molecule has 19 heavy (non-hydrogen) atoms. The Bertz CT molecular complexity index is 440. The van der Waals surface area contributed by atoms with Crippen molar-refractivity contribution in [2.75, 3.05) is 13.1 Å². The minimum atomic E-state index is -0.00259. The van der Waals surface area contributed by atoms with Crippen LogP contribution in [0.15, 0.2) is 6.07 Å². The van der Waals surface area contributed by atoms with Gasteiger partial charge >= 0.3 is 0 Å². The molecule has 0 saturated carbocycles. The van der Waals surface area contributed by atoms with Gasteiger partial charge in [0.05, 0.1) is 0 Å². The van der Waals surface area contributed by atoms with Crippen LogP contribution >= 0.6 is 0 Å². The van der Waals surface area contributed by atoms with Gasteiger partial charge in [-0.3, -0.25) is 9.89 Å². The summed E-state index contributed by atoms with van der Waals surface area (Å²) in [4.78, 5) is 14.2. The van der Waals surface area contributed by atoms with Gasteiger partial charge in [0.15, 0.2) is 0 Å². The maximum Gasteiger partial charge on any atom is 0.274 e. The lowest BCUT2D eigenvalue weighted by molar-refractivity contribution is 0.0779. The summed E-state index contributed by atoms with van der Waals surface area (Å²) in [6.45, 7) is 7.71. The molecule has 1 aliphatic rings. The van der Waals surface area contributed by atoms with Gasteiger partial charge in [0.25, 0.3) is 5.91 Å². The number of carbonyl (C=O) groups excluding carboxylic acids is 1. The summed E-state index contributed by atoms with van der Waals surface area (Å²) in [6, 6.07) is 1.96. The zero-order valence-electron chi connectivity index (χ0n) is 12.0. The van der Waals surface area contributed by atoms with Crippen molar-refractivity contribution in [3.63, 3.8) is 0 Å². The number of H-pyrrole nitrogens is 1. The van der Waals surface area contributed by atoms with Crippen molar-refractivity contribution in [3.05, 3.63) is 17.5 Å². The molecule has 1 amide bonds. The molecule has 0 aliphatic carbocycles. The summed E-state index contributed by atoms with van der Waals surface area (Å²) in [6.07, 6.45) is 2.20. The smallest absolute Gasteiger partial charge is 0.274 e. The Labute approximate surface area is 114 Å². The largest absolute Gasteiger partial charge is 0.335 e. The second-order valence-electron chi connectivity index (χ2n) is 5.79. The van der Waals surface area contributed by atoms with E-state index in [1.54, 1.807) is 0 Å². The number of nitrogens with two attached hydrogens (primary N) is 1. The van der Waals surface area contributed by atoms with Gasteiger partial charge in [-0.05, 0) is 24.3 Å². The summed E-state index contributed by atoms with van der Waals surface area (Å²) in [7, 11) is 0. The molecule has 5 heteroatoms. The predicted molar refractivity (Wildman–Crippen MR) is 75.0 cm³/mol. The number of rotatable bonds is 4. The quantitative estimate of drug-likeness (QED) is 0.869. The second kappa shape index (κ2) is 5.74. The van der Waals surface area contributed by atoms with E-state index in [-0.39, 0.29) is 11.9 Å². The molecule has 1 aromatic rings. The molecule has 0 spiro atoms. The molecule has 2 rings (SSSR count). The Morgan fingerprint density at radius 3 is 2.89 bits per heavy atom. The lowest BCUT2D eigenvalue weighted by Gasteiger charge is -2.14. The Morgan fingerprint density at radius 2 is 2.32 bits per heavy atom. The summed E-state index contributed by atoms with van der Waals surface area (Å²) in [5.74, 6) is 0.775. The maximum absolute atomic E-state index is 12.4. The average molecular weight is 264 g/mol. The lowest BCUT2D eigenvalue weighted by atomic mass is 9.99. The third-order valence-electron chi connectivity index (χ3n) is 3.88. The first kappa shape index (κ1) is 14.1. The number of likely N-dealkylation sites (tertiary alicyclic amines) is 1. The van der Waals surface area contributed by atoms with Crippen LogP contribution in [0.4, 0.5) is 0 Å². The van der Waals surface area contributed by atoms with Crippen LogP contribution in [0.1, 0.15) is 55.7 Å². The van der Waals surface area contributed by atoms with Crippen molar-refractivity contribution >= 4 is 5.91 Å². The SMILES string of the molecule is CCC[C@H]1CN(C(=O)c2cc(C(C)C)[nH]n2)C[C@@H]1N. The van der Waals surface area contributed by atoms with Gasteiger partial charge in [-0.25, -0.2) is 0 Å². The molecular formula is C14H24N4O. The average Bonchev–Trinajstić information content (AvgIpc) is 2.97. The van der Waals surface area contributed by atoms with Crippen LogP contribution < -0.4 is 5.73 Å². The van der Waals surface area contributed by atoms with E-state index in [1.165, 1.54) is 0 Å². The van der Waals surface area contributed by atoms with E-state index < -0.39 is 0 Å². The Kier molecular flexibility index (Phi) is 4.24. The van der Waals surface area contributed by atoms with Crippen molar-refractivity contribution in [3.8, 4) is 0 Å². The number of hydrogen-bond acceptors (Lipinski definition) is 3. The van der Waals surface area contributed by atoms with Gasteiger partial charge in [0.1, 0.15) is 5.69 Å². The van der Waals surface area contributed by atoms with E-state index in [0.29, 0.717) is 24.1 Å². The van der Waals surface area contributed by atoms with E-state index in [9.17, 15) is 4.79 Å². The minimum Gasteiger partial charge on any atom is -0.335 e.